The molecular weight excluding hydrogens is 398 g/mol. The van der Waals surface area contributed by atoms with Crippen LogP contribution in [0.2, 0.25) is 0 Å². The van der Waals surface area contributed by atoms with Crippen LogP contribution < -0.4 is 10.3 Å². The molecule has 0 N–H and O–H groups in total. The number of ether oxygens (including phenoxy) is 1. The monoisotopic (exact) mass is 417 g/mol. The molecule has 150 valence electrons. The fourth-order valence-electron chi connectivity index (χ4n) is 3.13. The predicted molar refractivity (Wildman–Crippen MR) is 118 cm³/mol. The van der Waals surface area contributed by atoms with Crippen molar-refractivity contribution in [2.24, 2.45) is 0 Å². The third kappa shape index (κ3) is 3.84. The summed E-state index contributed by atoms with van der Waals surface area (Å²) in [6.45, 7) is 1.94. The van der Waals surface area contributed by atoms with Crippen LogP contribution >= 0.6 is 11.8 Å². The Morgan fingerprint density at radius 1 is 1.13 bits per heavy atom. The van der Waals surface area contributed by atoms with Crippen LogP contribution in [0, 0.1) is 6.92 Å². The third-order valence-corrected chi connectivity index (χ3v) is 5.65. The van der Waals surface area contributed by atoms with Crippen LogP contribution in [0.3, 0.4) is 0 Å². The number of pyridine rings is 1. The summed E-state index contributed by atoms with van der Waals surface area (Å²) in [5, 5.41) is 1.05. The molecule has 0 bridgehead atoms. The van der Waals surface area contributed by atoms with Gasteiger partial charge in [0.15, 0.2) is 5.16 Å². The number of nitrogens with zero attached hydrogens (tertiary/aromatic N) is 3. The van der Waals surface area contributed by atoms with Gasteiger partial charge in [0, 0.05) is 23.1 Å². The minimum atomic E-state index is -0.173. The van der Waals surface area contributed by atoms with E-state index in [2.05, 4.69) is 4.98 Å². The van der Waals surface area contributed by atoms with Gasteiger partial charge in [0.05, 0.1) is 18.0 Å². The van der Waals surface area contributed by atoms with Crippen LogP contribution in [0.1, 0.15) is 21.5 Å². The maximum atomic E-state index is 13.3. The Labute approximate surface area is 177 Å². The number of fused-ring (bicyclic) bond motifs is 1. The lowest BCUT2D eigenvalue weighted by Gasteiger charge is -2.14. The van der Waals surface area contributed by atoms with Crippen molar-refractivity contribution < 1.29 is 9.53 Å². The molecule has 4 aromatic rings. The van der Waals surface area contributed by atoms with E-state index in [9.17, 15) is 9.59 Å². The van der Waals surface area contributed by atoms with Gasteiger partial charge in [-0.15, -0.1) is 0 Å². The number of rotatable bonds is 6. The van der Waals surface area contributed by atoms with Gasteiger partial charge in [-0.25, -0.2) is 14.5 Å². The average molecular weight is 417 g/mol. The first-order chi connectivity index (χ1) is 14.6. The van der Waals surface area contributed by atoms with Gasteiger partial charge in [-0.1, -0.05) is 30.0 Å². The number of aryl methyl sites for hydroxylation is 1. The van der Waals surface area contributed by atoms with Gasteiger partial charge in [-0.2, -0.15) is 0 Å². The number of benzene rings is 2. The van der Waals surface area contributed by atoms with Crippen molar-refractivity contribution in [3.63, 3.8) is 0 Å². The molecule has 0 aliphatic rings. The Morgan fingerprint density at radius 3 is 2.70 bits per heavy atom. The number of para-hydroxylation sites is 1. The molecule has 0 saturated carbocycles. The van der Waals surface area contributed by atoms with Gasteiger partial charge in [-0.3, -0.25) is 9.59 Å². The lowest BCUT2D eigenvalue weighted by molar-refractivity contribution is 0.112. The van der Waals surface area contributed by atoms with Crippen LogP contribution in [-0.4, -0.2) is 27.9 Å². The second-order valence-corrected chi connectivity index (χ2v) is 7.67. The van der Waals surface area contributed by atoms with E-state index in [0.29, 0.717) is 38.9 Å². The van der Waals surface area contributed by atoms with E-state index in [1.54, 1.807) is 37.6 Å². The quantitative estimate of drug-likeness (QED) is 0.266. The van der Waals surface area contributed by atoms with Gasteiger partial charge in [0.25, 0.3) is 5.56 Å². The lowest BCUT2D eigenvalue weighted by Crippen LogP contribution is -2.22. The summed E-state index contributed by atoms with van der Waals surface area (Å²) in [5.41, 5.74) is 2.87. The summed E-state index contributed by atoms with van der Waals surface area (Å²) in [5.74, 6) is 1.66. The van der Waals surface area contributed by atoms with Gasteiger partial charge in [0.2, 0.25) is 0 Å². The standard InChI is InChI=1S/C23H19N3O3S/c1-15-7-10-21(24-12-15)26-22(28)18-5-3-4-6-19(18)25-23(26)30-14-17-11-16(13-27)8-9-20(17)29-2/h3-13H,14H2,1-2H3. The highest BCUT2D eigenvalue weighted by molar-refractivity contribution is 7.98. The molecule has 0 unspecified atom stereocenters. The zero-order valence-corrected chi connectivity index (χ0v) is 17.3. The molecule has 0 radical (unpaired) electrons. The SMILES string of the molecule is COc1ccc(C=O)cc1CSc1nc2ccccc2c(=O)n1-c1ccc(C)cn1. The summed E-state index contributed by atoms with van der Waals surface area (Å²) in [6, 6.07) is 16.2. The van der Waals surface area contributed by atoms with Gasteiger partial charge in [0.1, 0.15) is 17.9 Å². The highest BCUT2D eigenvalue weighted by Gasteiger charge is 2.15. The van der Waals surface area contributed by atoms with Crippen LogP contribution in [0.4, 0.5) is 0 Å². The van der Waals surface area contributed by atoms with Gasteiger partial charge in [-0.05, 0) is 48.9 Å². The summed E-state index contributed by atoms with van der Waals surface area (Å²) in [7, 11) is 1.59. The molecule has 30 heavy (non-hydrogen) atoms. The molecule has 0 aliphatic heterocycles. The topological polar surface area (TPSA) is 74.1 Å². The smallest absolute Gasteiger partial charge is 0.267 e. The minimum Gasteiger partial charge on any atom is -0.496 e. The number of thioether (sulfide) groups is 1. The van der Waals surface area contributed by atoms with Crippen LogP contribution in [0.25, 0.3) is 16.7 Å². The maximum Gasteiger partial charge on any atom is 0.267 e. The third-order valence-electron chi connectivity index (χ3n) is 4.67. The largest absolute Gasteiger partial charge is 0.496 e. The number of aldehydes is 1. The molecule has 0 saturated heterocycles. The zero-order valence-electron chi connectivity index (χ0n) is 16.5. The fraction of sp³-hybridized carbons (Fsp3) is 0.130. The highest BCUT2D eigenvalue weighted by Crippen LogP contribution is 2.29. The Hall–Kier alpha value is -3.45. The Kier molecular flexibility index (Phi) is 5.63. The first kappa shape index (κ1) is 19.8. The summed E-state index contributed by atoms with van der Waals surface area (Å²) in [6.07, 6.45) is 2.52. The van der Waals surface area contributed by atoms with Gasteiger partial charge < -0.3 is 4.74 Å². The van der Waals surface area contributed by atoms with Crippen LogP contribution in [0.15, 0.2) is 70.7 Å². The molecule has 0 fully saturated rings. The van der Waals surface area contributed by atoms with E-state index in [4.69, 9.17) is 9.72 Å². The summed E-state index contributed by atoms with van der Waals surface area (Å²) in [4.78, 5) is 33.6. The fourth-order valence-corrected chi connectivity index (χ4v) is 4.11. The molecule has 2 aromatic carbocycles. The first-order valence-corrected chi connectivity index (χ1v) is 10.3. The Morgan fingerprint density at radius 2 is 1.97 bits per heavy atom. The number of hydrogen-bond donors (Lipinski definition) is 0. The van der Waals surface area contributed by atoms with Gasteiger partial charge >= 0.3 is 0 Å². The second-order valence-electron chi connectivity index (χ2n) is 6.72. The van der Waals surface area contributed by atoms with Crippen molar-refractivity contribution in [3.05, 3.63) is 87.8 Å². The average Bonchev–Trinajstić information content (AvgIpc) is 2.78. The normalized spacial score (nSPS) is 10.9. The summed E-state index contributed by atoms with van der Waals surface area (Å²) < 4.78 is 6.95. The molecule has 2 aromatic heterocycles. The molecular formula is C23H19N3O3S. The Bertz CT molecular complexity index is 1280. The van der Waals surface area contributed by atoms with E-state index in [-0.39, 0.29) is 5.56 Å². The van der Waals surface area contributed by atoms with Crippen LogP contribution in [-0.2, 0) is 5.75 Å². The maximum absolute atomic E-state index is 13.3. The highest BCUT2D eigenvalue weighted by atomic mass is 32.2. The van der Waals surface area contributed by atoms with Crippen LogP contribution in [0.5, 0.6) is 5.75 Å². The number of methoxy groups -OCH3 is 1. The van der Waals surface area contributed by atoms with E-state index in [1.165, 1.54) is 16.3 Å². The molecule has 0 amide bonds. The molecule has 2 heterocycles. The van der Waals surface area contributed by atoms with E-state index in [1.807, 2.05) is 37.3 Å². The first-order valence-electron chi connectivity index (χ1n) is 9.30. The molecule has 6 nitrogen and oxygen atoms in total. The minimum absolute atomic E-state index is 0.173. The predicted octanol–water partition coefficient (Wildman–Crippen LogP) is 4.20. The van der Waals surface area contributed by atoms with Crippen molar-refractivity contribution in [1.82, 2.24) is 14.5 Å². The van der Waals surface area contributed by atoms with Crippen molar-refractivity contribution in [2.75, 3.05) is 7.11 Å². The molecule has 4 rings (SSSR count). The Balaban J connectivity index is 1.82. The molecule has 0 atom stereocenters. The van der Waals surface area contributed by atoms with Crippen molar-refractivity contribution in [3.8, 4) is 11.6 Å². The number of carbonyl (C=O) groups is 1. The number of aromatic nitrogens is 3. The van der Waals surface area contributed by atoms with E-state index in [0.717, 1.165) is 17.4 Å². The van der Waals surface area contributed by atoms with E-state index >= 15 is 0 Å². The van der Waals surface area contributed by atoms with Crippen molar-refractivity contribution in [2.45, 2.75) is 17.8 Å². The summed E-state index contributed by atoms with van der Waals surface area (Å²) >= 11 is 1.39. The molecule has 7 heteroatoms. The van der Waals surface area contributed by atoms with Crippen molar-refractivity contribution in [1.29, 1.82) is 0 Å². The molecule has 0 aliphatic carbocycles. The van der Waals surface area contributed by atoms with Crippen molar-refractivity contribution >= 4 is 29.0 Å². The second kappa shape index (κ2) is 8.51. The zero-order chi connectivity index (χ0) is 21.1. The number of hydrogen-bond acceptors (Lipinski definition) is 6. The molecule has 0 spiro atoms. The van der Waals surface area contributed by atoms with E-state index < -0.39 is 0 Å². The lowest BCUT2D eigenvalue weighted by atomic mass is 10.1. The number of carbonyl (C=O) groups excluding carboxylic acids is 1.